The molecule has 0 saturated heterocycles. The number of non-ortho nitro benzene ring substituents is 1. The maximum absolute atomic E-state index is 12.9. The van der Waals surface area contributed by atoms with Gasteiger partial charge in [0.15, 0.2) is 0 Å². The number of nitrogens with zero attached hydrogens (tertiary/aromatic N) is 2. The van der Waals surface area contributed by atoms with E-state index >= 15 is 0 Å². The van der Waals surface area contributed by atoms with Crippen molar-refractivity contribution in [1.29, 1.82) is 0 Å². The maximum atomic E-state index is 12.9. The van der Waals surface area contributed by atoms with E-state index < -0.39 is 14.9 Å². The zero-order valence-corrected chi connectivity index (χ0v) is 14.1. The van der Waals surface area contributed by atoms with Crippen LogP contribution in [0.4, 0.5) is 5.69 Å². The number of nitro benzene ring substituents is 1. The van der Waals surface area contributed by atoms with Crippen molar-refractivity contribution in [2.24, 2.45) is 5.73 Å². The Morgan fingerprint density at radius 2 is 1.83 bits per heavy atom. The van der Waals surface area contributed by atoms with Crippen molar-refractivity contribution in [3.8, 4) is 0 Å². The van der Waals surface area contributed by atoms with E-state index in [9.17, 15) is 18.5 Å². The van der Waals surface area contributed by atoms with Gasteiger partial charge in [-0.15, -0.1) is 0 Å². The first kappa shape index (κ1) is 18.1. The molecule has 0 heterocycles. The number of hydrogen-bond acceptors (Lipinski definition) is 5. The molecule has 8 heteroatoms. The molecule has 0 aliphatic rings. The quantitative estimate of drug-likeness (QED) is 0.608. The van der Waals surface area contributed by atoms with Crippen molar-refractivity contribution >= 4 is 15.7 Å². The Morgan fingerprint density at radius 1 is 1.17 bits per heavy atom. The van der Waals surface area contributed by atoms with Gasteiger partial charge in [-0.05, 0) is 24.1 Å². The molecule has 0 spiro atoms. The highest BCUT2D eigenvalue weighted by Gasteiger charge is 2.26. The summed E-state index contributed by atoms with van der Waals surface area (Å²) in [6.07, 6.45) is 0. The van der Waals surface area contributed by atoms with E-state index in [-0.39, 0.29) is 30.2 Å². The van der Waals surface area contributed by atoms with Crippen molar-refractivity contribution in [3.63, 3.8) is 0 Å². The molecule has 0 amide bonds. The van der Waals surface area contributed by atoms with Crippen LogP contribution in [0.3, 0.4) is 0 Å². The molecule has 128 valence electrons. The van der Waals surface area contributed by atoms with E-state index in [0.29, 0.717) is 5.56 Å². The fraction of sp³-hybridized carbons (Fsp3) is 0.250. The molecule has 0 atom stereocenters. The van der Waals surface area contributed by atoms with Gasteiger partial charge in [-0.2, -0.15) is 4.31 Å². The Hall–Kier alpha value is -2.29. The van der Waals surface area contributed by atoms with E-state index in [1.165, 1.54) is 22.5 Å². The molecule has 0 radical (unpaired) electrons. The van der Waals surface area contributed by atoms with E-state index in [4.69, 9.17) is 5.73 Å². The standard InChI is InChI=1S/C16H19N3O4S/c1-13-11-15(19(20)21)7-8-16(13)24(22,23)18(10-9-17)12-14-5-3-2-4-6-14/h2-8,11H,9-10,12,17H2,1H3. The molecule has 2 N–H and O–H groups in total. The van der Waals surface area contributed by atoms with Gasteiger partial charge in [-0.3, -0.25) is 10.1 Å². The summed E-state index contributed by atoms with van der Waals surface area (Å²) < 4.78 is 27.1. The highest BCUT2D eigenvalue weighted by molar-refractivity contribution is 7.89. The lowest BCUT2D eigenvalue weighted by molar-refractivity contribution is -0.385. The van der Waals surface area contributed by atoms with E-state index in [1.807, 2.05) is 30.3 Å². The third kappa shape index (κ3) is 3.97. The first-order chi connectivity index (χ1) is 11.4. The average molecular weight is 349 g/mol. The normalized spacial score (nSPS) is 11.6. The molecule has 0 aliphatic heterocycles. The van der Waals surface area contributed by atoms with Crippen LogP contribution in [-0.4, -0.2) is 30.7 Å². The molecular formula is C16H19N3O4S. The highest BCUT2D eigenvalue weighted by Crippen LogP contribution is 2.25. The third-order valence-electron chi connectivity index (χ3n) is 3.57. The van der Waals surface area contributed by atoms with Crippen molar-refractivity contribution in [2.75, 3.05) is 13.1 Å². The molecule has 0 saturated carbocycles. The summed E-state index contributed by atoms with van der Waals surface area (Å²) in [6.45, 7) is 2.07. The van der Waals surface area contributed by atoms with Crippen molar-refractivity contribution in [1.82, 2.24) is 4.31 Å². The second kappa shape index (κ2) is 7.52. The van der Waals surface area contributed by atoms with Crippen LogP contribution in [0.1, 0.15) is 11.1 Å². The molecular weight excluding hydrogens is 330 g/mol. The van der Waals surface area contributed by atoms with Crippen LogP contribution in [0.2, 0.25) is 0 Å². The predicted octanol–water partition coefficient (Wildman–Crippen LogP) is 2.05. The Kier molecular flexibility index (Phi) is 5.66. The molecule has 7 nitrogen and oxygen atoms in total. The monoisotopic (exact) mass is 349 g/mol. The van der Waals surface area contributed by atoms with Gasteiger partial charge in [-0.25, -0.2) is 8.42 Å². The van der Waals surface area contributed by atoms with Crippen molar-refractivity contribution in [2.45, 2.75) is 18.4 Å². The summed E-state index contributed by atoms with van der Waals surface area (Å²) in [5, 5.41) is 10.8. The lowest BCUT2D eigenvalue weighted by atomic mass is 10.2. The van der Waals surface area contributed by atoms with Crippen LogP contribution in [-0.2, 0) is 16.6 Å². The lowest BCUT2D eigenvalue weighted by Crippen LogP contribution is -2.35. The van der Waals surface area contributed by atoms with Crippen LogP contribution >= 0.6 is 0 Å². The first-order valence-electron chi connectivity index (χ1n) is 7.35. The summed E-state index contributed by atoms with van der Waals surface area (Å²) >= 11 is 0. The van der Waals surface area contributed by atoms with Gasteiger partial charge in [0.25, 0.3) is 5.69 Å². The molecule has 24 heavy (non-hydrogen) atoms. The van der Waals surface area contributed by atoms with Gasteiger partial charge in [0.05, 0.1) is 9.82 Å². The van der Waals surface area contributed by atoms with E-state index in [1.54, 1.807) is 6.92 Å². The number of rotatable bonds is 7. The number of benzene rings is 2. The van der Waals surface area contributed by atoms with Crippen LogP contribution in [0.15, 0.2) is 53.4 Å². The van der Waals surface area contributed by atoms with Gasteiger partial charge >= 0.3 is 0 Å². The number of nitro groups is 1. The second-order valence-electron chi connectivity index (χ2n) is 5.32. The number of sulfonamides is 1. The highest BCUT2D eigenvalue weighted by atomic mass is 32.2. The van der Waals surface area contributed by atoms with Crippen molar-refractivity contribution < 1.29 is 13.3 Å². The Bertz CT molecular complexity index is 822. The van der Waals surface area contributed by atoms with E-state index in [0.717, 1.165) is 5.56 Å². The molecule has 2 aromatic rings. The van der Waals surface area contributed by atoms with Crippen LogP contribution < -0.4 is 5.73 Å². The fourth-order valence-corrected chi connectivity index (χ4v) is 4.04. The van der Waals surface area contributed by atoms with Gasteiger partial charge in [0.2, 0.25) is 10.0 Å². The SMILES string of the molecule is Cc1cc([N+](=O)[O-])ccc1S(=O)(=O)N(CCN)Cc1ccccc1. The van der Waals surface area contributed by atoms with Gasteiger partial charge in [-0.1, -0.05) is 30.3 Å². The molecule has 2 rings (SSSR count). The topological polar surface area (TPSA) is 107 Å². The van der Waals surface area contributed by atoms with Gasteiger partial charge in [0, 0.05) is 31.8 Å². The molecule has 2 aromatic carbocycles. The first-order valence-corrected chi connectivity index (χ1v) is 8.79. The molecule has 0 fully saturated rings. The Labute approximate surface area is 140 Å². The van der Waals surface area contributed by atoms with Crippen LogP contribution in [0.25, 0.3) is 0 Å². The summed E-state index contributed by atoms with van der Waals surface area (Å²) in [7, 11) is -3.80. The minimum atomic E-state index is -3.80. The number of nitrogens with two attached hydrogens (primary N) is 1. The number of hydrogen-bond donors (Lipinski definition) is 1. The lowest BCUT2D eigenvalue weighted by Gasteiger charge is -2.22. The van der Waals surface area contributed by atoms with Crippen LogP contribution in [0, 0.1) is 17.0 Å². The smallest absolute Gasteiger partial charge is 0.269 e. The summed E-state index contributed by atoms with van der Waals surface area (Å²) in [6, 6.07) is 12.9. The third-order valence-corrected chi connectivity index (χ3v) is 5.57. The van der Waals surface area contributed by atoms with Crippen LogP contribution in [0.5, 0.6) is 0 Å². The maximum Gasteiger partial charge on any atom is 0.269 e. The molecule has 0 bridgehead atoms. The minimum absolute atomic E-state index is 0.0532. The Morgan fingerprint density at radius 3 is 2.38 bits per heavy atom. The number of aryl methyl sites for hydroxylation is 1. The average Bonchev–Trinajstić information content (AvgIpc) is 2.55. The molecule has 0 aliphatic carbocycles. The second-order valence-corrected chi connectivity index (χ2v) is 7.23. The fourth-order valence-electron chi connectivity index (χ4n) is 2.39. The Balaban J connectivity index is 2.39. The summed E-state index contributed by atoms with van der Waals surface area (Å²) in [5.41, 5.74) is 6.60. The molecule has 0 unspecified atom stereocenters. The largest absolute Gasteiger partial charge is 0.329 e. The van der Waals surface area contributed by atoms with E-state index in [2.05, 4.69) is 0 Å². The van der Waals surface area contributed by atoms with Gasteiger partial charge in [0.1, 0.15) is 0 Å². The summed E-state index contributed by atoms with van der Waals surface area (Å²) in [4.78, 5) is 10.3. The zero-order valence-electron chi connectivity index (χ0n) is 13.3. The summed E-state index contributed by atoms with van der Waals surface area (Å²) in [5.74, 6) is 0. The van der Waals surface area contributed by atoms with Crippen molar-refractivity contribution in [3.05, 3.63) is 69.8 Å². The zero-order chi connectivity index (χ0) is 17.7. The van der Waals surface area contributed by atoms with Gasteiger partial charge < -0.3 is 5.73 Å². The minimum Gasteiger partial charge on any atom is -0.329 e. The predicted molar refractivity (Wildman–Crippen MR) is 90.9 cm³/mol. The molecule has 0 aromatic heterocycles.